The first-order valence-corrected chi connectivity index (χ1v) is 10.6. The molecule has 6 nitrogen and oxygen atoms in total. The lowest BCUT2D eigenvalue weighted by atomic mass is 9.91. The predicted molar refractivity (Wildman–Crippen MR) is 115 cm³/mol. The number of carbonyl (C=O) groups is 1. The van der Waals surface area contributed by atoms with Gasteiger partial charge in [0.2, 0.25) is 0 Å². The molecule has 3 aromatic rings. The van der Waals surface area contributed by atoms with Gasteiger partial charge in [-0.3, -0.25) is 4.79 Å². The van der Waals surface area contributed by atoms with Gasteiger partial charge in [-0.25, -0.2) is 4.98 Å². The predicted octanol–water partition coefficient (Wildman–Crippen LogP) is 3.73. The minimum atomic E-state index is -0.0297. The molecule has 2 aromatic carbocycles. The van der Waals surface area contributed by atoms with Gasteiger partial charge in [-0.1, -0.05) is 24.3 Å². The number of benzene rings is 2. The van der Waals surface area contributed by atoms with Gasteiger partial charge in [-0.15, -0.1) is 0 Å². The third-order valence-corrected chi connectivity index (χ3v) is 6.44. The second kappa shape index (κ2) is 7.43. The molecular formula is C24H27N3O3. The van der Waals surface area contributed by atoms with Crippen LogP contribution in [0.5, 0.6) is 5.75 Å². The molecule has 1 aromatic heterocycles. The van der Waals surface area contributed by atoms with Gasteiger partial charge in [0.25, 0.3) is 5.91 Å². The van der Waals surface area contributed by atoms with Gasteiger partial charge < -0.3 is 18.9 Å². The highest BCUT2D eigenvalue weighted by Gasteiger charge is 2.31. The van der Waals surface area contributed by atoms with Gasteiger partial charge >= 0.3 is 0 Å². The number of fused-ring (bicyclic) bond motifs is 3. The second-order valence-electron chi connectivity index (χ2n) is 8.22. The Hall–Kier alpha value is -2.86. The molecule has 2 aliphatic heterocycles. The van der Waals surface area contributed by atoms with Crippen LogP contribution < -0.4 is 4.74 Å². The van der Waals surface area contributed by atoms with Crippen LogP contribution in [0.3, 0.4) is 0 Å². The summed E-state index contributed by atoms with van der Waals surface area (Å²) in [6.07, 6.45) is 1.61. The van der Waals surface area contributed by atoms with Gasteiger partial charge in [-0.05, 0) is 43.9 Å². The van der Waals surface area contributed by atoms with E-state index in [1.165, 1.54) is 11.1 Å². The van der Waals surface area contributed by atoms with E-state index < -0.39 is 0 Å². The van der Waals surface area contributed by atoms with E-state index >= 15 is 0 Å². The first-order valence-electron chi connectivity index (χ1n) is 10.6. The first kappa shape index (κ1) is 19.1. The van der Waals surface area contributed by atoms with Crippen molar-refractivity contribution < 1.29 is 14.3 Å². The molecule has 0 saturated carbocycles. The van der Waals surface area contributed by atoms with Crippen LogP contribution in [0, 0.1) is 13.8 Å². The summed E-state index contributed by atoms with van der Waals surface area (Å²) >= 11 is 0. The second-order valence-corrected chi connectivity index (χ2v) is 8.22. The molecule has 5 rings (SSSR count). The quantitative estimate of drug-likeness (QED) is 0.652. The molecule has 0 spiro atoms. The molecule has 3 heterocycles. The van der Waals surface area contributed by atoms with E-state index in [0.717, 1.165) is 46.6 Å². The maximum atomic E-state index is 13.4. The van der Waals surface area contributed by atoms with Crippen LogP contribution in [0.15, 0.2) is 30.3 Å². The van der Waals surface area contributed by atoms with E-state index in [2.05, 4.69) is 31.2 Å². The molecule has 0 bridgehead atoms. The lowest BCUT2D eigenvalue weighted by Crippen LogP contribution is -2.41. The monoisotopic (exact) mass is 405 g/mol. The average molecular weight is 405 g/mol. The van der Waals surface area contributed by atoms with Crippen molar-refractivity contribution in [2.75, 3.05) is 26.3 Å². The van der Waals surface area contributed by atoms with E-state index in [0.29, 0.717) is 26.3 Å². The number of aromatic nitrogens is 2. The molecule has 0 aliphatic carbocycles. The van der Waals surface area contributed by atoms with Gasteiger partial charge in [-0.2, -0.15) is 0 Å². The Balaban J connectivity index is 1.63. The Labute approximate surface area is 176 Å². The lowest BCUT2D eigenvalue weighted by Gasteiger charge is -2.31. The molecule has 6 heteroatoms. The first-order chi connectivity index (χ1) is 14.5. The summed E-state index contributed by atoms with van der Waals surface area (Å²) < 4.78 is 14.1. The molecule has 0 radical (unpaired) electrons. The van der Waals surface area contributed by atoms with Crippen molar-refractivity contribution in [1.29, 1.82) is 0 Å². The summed E-state index contributed by atoms with van der Waals surface area (Å²) in [4.78, 5) is 20.1. The zero-order valence-corrected chi connectivity index (χ0v) is 17.8. The van der Waals surface area contributed by atoms with Gasteiger partial charge in [0.05, 0.1) is 18.7 Å². The van der Waals surface area contributed by atoms with E-state index in [9.17, 15) is 4.79 Å². The highest BCUT2D eigenvalue weighted by Crippen LogP contribution is 2.42. The highest BCUT2D eigenvalue weighted by atomic mass is 16.5. The van der Waals surface area contributed by atoms with Crippen molar-refractivity contribution in [1.82, 2.24) is 14.5 Å². The number of ether oxygens (including phenoxy) is 2. The van der Waals surface area contributed by atoms with Crippen LogP contribution in [-0.4, -0.2) is 46.7 Å². The standard InChI is InChI=1S/C24H27N3O3/c1-15-6-4-5-7-17(15)21-9-8-18-19(24(28)27-10-12-29-13-11-27)14-20-22(23(18)30-21)25-16(2)26(20)3/h4-7,14,21H,8-13H2,1-3H3/t21-/m0/s1. The lowest BCUT2D eigenvalue weighted by molar-refractivity contribution is 0.0301. The number of hydrogen-bond donors (Lipinski definition) is 0. The third-order valence-electron chi connectivity index (χ3n) is 6.44. The summed E-state index contributed by atoms with van der Waals surface area (Å²) in [5.41, 5.74) is 5.94. The number of nitrogens with zero attached hydrogens (tertiary/aromatic N) is 3. The number of amides is 1. The maximum Gasteiger partial charge on any atom is 0.254 e. The largest absolute Gasteiger partial charge is 0.483 e. The van der Waals surface area contributed by atoms with Crippen LogP contribution in [0.4, 0.5) is 0 Å². The minimum absolute atomic E-state index is 0.0297. The van der Waals surface area contributed by atoms with E-state index in [-0.39, 0.29) is 12.0 Å². The molecule has 1 fully saturated rings. The van der Waals surface area contributed by atoms with Gasteiger partial charge in [0, 0.05) is 31.3 Å². The van der Waals surface area contributed by atoms with E-state index in [4.69, 9.17) is 14.5 Å². The zero-order chi connectivity index (χ0) is 20.8. The normalized spacial score (nSPS) is 18.9. The number of rotatable bonds is 2. The summed E-state index contributed by atoms with van der Waals surface area (Å²) in [6, 6.07) is 10.4. The Morgan fingerprint density at radius 1 is 1.17 bits per heavy atom. The van der Waals surface area contributed by atoms with Crippen molar-refractivity contribution in [3.63, 3.8) is 0 Å². The molecule has 156 valence electrons. The van der Waals surface area contributed by atoms with Crippen LogP contribution in [0.2, 0.25) is 0 Å². The maximum absolute atomic E-state index is 13.4. The Morgan fingerprint density at radius 2 is 1.93 bits per heavy atom. The fourth-order valence-corrected chi connectivity index (χ4v) is 4.59. The van der Waals surface area contributed by atoms with Crippen LogP contribution >= 0.6 is 0 Å². The van der Waals surface area contributed by atoms with Crippen molar-refractivity contribution in [3.05, 3.63) is 58.4 Å². The molecule has 30 heavy (non-hydrogen) atoms. The Bertz CT molecular complexity index is 1130. The zero-order valence-electron chi connectivity index (χ0n) is 17.8. The molecule has 2 aliphatic rings. The van der Waals surface area contributed by atoms with E-state index in [1.54, 1.807) is 0 Å². The number of morpholine rings is 1. The highest BCUT2D eigenvalue weighted by molar-refractivity contribution is 6.01. The van der Waals surface area contributed by atoms with E-state index in [1.807, 2.05) is 29.5 Å². The fraction of sp³-hybridized carbons (Fsp3) is 0.417. The molecule has 1 amide bonds. The van der Waals surface area contributed by atoms with Crippen LogP contribution in [0.25, 0.3) is 11.0 Å². The third kappa shape index (κ3) is 3.06. The van der Waals surface area contributed by atoms with Crippen molar-refractivity contribution in [2.45, 2.75) is 32.8 Å². The topological polar surface area (TPSA) is 56.6 Å². The smallest absolute Gasteiger partial charge is 0.254 e. The van der Waals surface area contributed by atoms with Crippen LogP contribution in [-0.2, 0) is 18.2 Å². The molecule has 1 atom stereocenters. The van der Waals surface area contributed by atoms with Gasteiger partial charge in [0.1, 0.15) is 17.4 Å². The minimum Gasteiger partial charge on any atom is -0.483 e. The number of aryl methyl sites for hydroxylation is 3. The Kier molecular flexibility index (Phi) is 4.74. The number of hydrogen-bond acceptors (Lipinski definition) is 4. The number of carbonyl (C=O) groups excluding carboxylic acids is 1. The van der Waals surface area contributed by atoms with Crippen molar-refractivity contribution in [2.24, 2.45) is 7.05 Å². The van der Waals surface area contributed by atoms with Crippen molar-refractivity contribution >= 4 is 16.9 Å². The summed E-state index contributed by atoms with van der Waals surface area (Å²) in [6.45, 7) is 6.54. The Morgan fingerprint density at radius 3 is 2.70 bits per heavy atom. The summed E-state index contributed by atoms with van der Waals surface area (Å²) in [5.74, 6) is 1.74. The molecule has 1 saturated heterocycles. The molecule has 0 unspecified atom stereocenters. The SMILES string of the molecule is Cc1ccccc1[C@@H]1CCc2c(C(=O)N3CCOCC3)cc3c(nc(C)n3C)c2O1. The van der Waals surface area contributed by atoms with Crippen molar-refractivity contribution in [3.8, 4) is 5.75 Å². The van der Waals surface area contributed by atoms with Gasteiger partial charge in [0.15, 0.2) is 5.75 Å². The average Bonchev–Trinajstić information content (AvgIpc) is 3.07. The molecular weight excluding hydrogens is 378 g/mol. The fourth-order valence-electron chi connectivity index (χ4n) is 4.59. The summed E-state index contributed by atoms with van der Waals surface area (Å²) in [5, 5.41) is 0. The molecule has 0 N–H and O–H groups in total. The van der Waals surface area contributed by atoms with Crippen LogP contribution in [0.1, 0.15) is 45.4 Å². The summed E-state index contributed by atoms with van der Waals surface area (Å²) in [7, 11) is 1.99. The number of imidazole rings is 1.